The van der Waals surface area contributed by atoms with Crippen molar-refractivity contribution in [3.63, 3.8) is 0 Å². The van der Waals surface area contributed by atoms with Crippen molar-refractivity contribution in [1.29, 1.82) is 0 Å². The average Bonchev–Trinajstić information content (AvgIpc) is 2.91. The predicted octanol–water partition coefficient (Wildman–Crippen LogP) is 2.32. The van der Waals surface area contributed by atoms with E-state index in [1.165, 1.54) is 30.6 Å². The van der Waals surface area contributed by atoms with Crippen molar-refractivity contribution >= 4 is 23.4 Å². The van der Waals surface area contributed by atoms with E-state index in [0.717, 1.165) is 5.01 Å². The molecule has 1 aliphatic rings. The zero-order valence-corrected chi connectivity index (χ0v) is 11.5. The van der Waals surface area contributed by atoms with Crippen LogP contribution in [0.15, 0.2) is 16.8 Å². The van der Waals surface area contributed by atoms with E-state index in [1.807, 2.05) is 0 Å². The standard InChI is InChI=1S/C12H14N4O2S/c1-12(2,8-5-6-13-18-8)10(17)15-11-14-9(19-16-11)7-3-4-7/h5-7H,3-4H2,1-2H3,(H,15,16,17). The lowest BCUT2D eigenvalue weighted by Crippen LogP contribution is -2.34. The quantitative estimate of drug-likeness (QED) is 0.928. The molecule has 0 saturated heterocycles. The van der Waals surface area contributed by atoms with Crippen LogP contribution < -0.4 is 5.32 Å². The number of hydrogen-bond donors (Lipinski definition) is 1. The maximum Gasteiger partial charge on any atom is 0.241 e. The van der Waals surface area contributed by atoms with Crippen molar-refractivity contribution in [3.05, 3.63) is 23.0 Å². The van der Waals surface area contributed by atoms with Crippen molar-refractivity contribution in [2.45, 2.75) is 38.0 Å². The van der Waals surface area contributed by atoms with Gasteiger partial charge in [-0.05, 0) is 38.2 Å². The minimum atomic E-state index is -0.804. The Labute approximate surface area is 114 Å². The van der Waals surface area contributed by atoms with Gasteiger partial charge in [-0.2, -0.15) is 4.37 Å². The molecule has 3 rings (SSSR count). The number of aromatic nitrogens is 3. The Balaban J connectivity index is 1.73. The third-order valence-electron chi connectivity index (χ3n) is 3.22. The van der Waals surface area contributed by atoms with E-state index in [4.69, 9.17) is 4.52 Å². The van der Waals surface area contributed by atoms with Crippen LogP contribution in [0.1, 0.15) is 43.4 Å². The number of anilines is 1. The fraction of sp³-hybridized carbons (Fsp3) is 0.500. The second-order valence-corrected chi connectivity index (χ2v) is 5.97. The SMILES string of the molecule is CC(C)(C(=O)Nc1nsc(C2CC2)n1)c1ccno1. The Kier molecular flexibility index (Phi) is 2.85. The summed E-state index contributed by atoms with van der Waals surface area (Å²) in [7, 11) is 0. The van der Waals surface area contributed by atoms with Crippen LogP contribution in [0.3, 0.4) is 0 Å². The van der Waals surface area contributed by atoms with Crippen molar-refractivity contribution in [2.75, 3.05) is 5.32 Å². The smallest absolute Gasteiger partial charge is 0.241 e. The van der Waals surface area contributed by atoms with Crippen LogP contribution in [0.5, 0.6) is 0 Å². The molecule has 100 valence electrons. The molecule has 1 saturated carbocycles. The van der Waals surface area contributed by atoms with Crippen molar-refractivity contribution in [3.8, 4) is 0 Å². The second kappa shape index (κ2) is 4.41. The van der Waals surface area contributed by atoms with E-state index in [0.29, 0.717) is 17.6 Å². The number of amides is 1. The lowest BCUT2D eigenvalue weighted by molar-refractivity contribution is -0.121. The number of nitrogens with one attached hydrogen (secondary N) is 1. The fourth-order valence-corrected chi connectivity index (χ4v) is 2.47. The van der Waals surface area contributed by atoms with Crippen LogP contribution in [0.4, 0.5) is 5.95 Å². The summed E-state index contributed by atoms with van der Waals surface area (Å²) >= 11 is 1.36. The summed E-state index contributed by atoms with van der Waals surface area (Å²) < 4.78 is 9.23. The molecule has 1 N–H and O–H groups in total. The summed E-state index contributed by atoms with van der Waals surface area (Å²) in [6, 6.07) is 1.68. The van der Waals surface area contributed by atoms with Gasteiger partial charge in [0, 0.05) is 12.0 Å². The Hall–Kier alpha value is -1.76. The molecule has 2 heterocycles. The van der Waals surface area contributed by atoms with Gasteiger partial charge in [0.2, 0.25) is 11.9 Å². The van der Waals surface area contributed by atoms with Gasteiger partial charge in [0.25, 0.3) is 0 Å². The highest BCUT2D eigenvalue weighted by Crippen LogP contribution is 2.41. The van der Waals surface area contributed by atoms with Crippen LogP contribution in [0.25, 0.3) is 0 Å². The first-order valence-corrected chi connectivity index (χ1v) is 6.91. The zero-order valence-electron chi connectivity index (χ0n) is 10.7. The largest absolute Gasteiger partial charge is 0.360 e. The van der Waals surface area contributed by atoms with E-state index in [-0.39, 0.29) is 5.91 Å². The molecule has 0 radical (unpaired) electrons. The predicted molar refractivity (Wildman–Crippen MR) is 70.0 cm³/mol. The minimum absolute atomic E-state index is 0.204. The molecule has 1 aliphatic carbocycles. The number of carbonyl (C=O) groups excluding carboxylic acids is 1. The molecule has 0 atom stereocenters. The van der Waals surface area contributed by atoms with Crippen molar-refractivity contribution in [1.82, 2.24) is 14.5 Å². The van der Waals surface area contributed by atoms with Gasteiger partial charge in [0.1, 0.15) is 10.4 Å². The normalized spacial score (nSPS) is 15.5. The first kappa shape index (κ1) is 12.3. The monoisotopic (exact) mass is 278 g/mol. The van der Waals surface area contributed by atoms with Gasteiger partial charge in [0.05, 0.1) is 6.20 Å². The third-order valence-corrected chi connectivity index (χ3v) is 4.09. The van der Waals surface area contributed by atoms with Crippen LogP contribution in [0.2, 0.25) is 0 Å². The molecule has 0 aliphatic heterocycles. The number of rotatable bonds is 4. The molecule has 2 aromatic rings. The molecule has 2 aromatic heterocycles. The van der Waals surface area contributed by atoms with Gasteiger partial charge < -0.3 is 4.52 Å². The maximum absolute atomic E-state index is 12.3. The van der Waals surface area contributed by atoms with Crippen LogP contribution in [-0.4, -0.2) is 20.4 Å². The van der Waals surface area contributed by atoms with E-state index in [9.17, 15) is 4.79 Å². The molecule has 0 aromatic carbocycles. The highest BCUT2D eigenvalue weighted by molar-refractivity contribution is 7.05. The lowest BCUT2D eigenvalue weighted by Gasteiger charge is -2.18. The van der Waals surface area contributed by atoms with E-state index < -0.39 is 5.41 Å². The summed E-state index contributed by atoms with van der Waals surface area (Å²) in [6.07, 6.45) is 3.87. The highest BCUT2D eigenvalue weighted by atomic mass is 32.1. The molecule has 7 heteroatoms. The summed E-state index contributed by atoms with van der Waals surface area (Å²) in [5.74, 6) is 1.24. The molecule has 0 bridgehead atoms. The summed E-state index contributed by atoms with van der Waals surface area (Å²) in [6.45, 7) is 3.55. The molecule has 1 fully saturated rings. The summed E-state index contributed by atoms with van der Waals surface area (Å²) in [5.41, 5.74) is -0.804. The summed E-state index contributed by atoms with van der Waals surface area (Å²) in [4.78, 5) is 16.6. The molecule has 19 heavy (non-hydrogen) atoms. The Bertz CT molecular complexity index is 587. The molecule has 1 amide bonds. The molecular weight excluding hydrogens is 264 g/mol. The van der Waals surface area contributed by atoms with E-state index in [2.05, 4.69) is 19.8 Å². The molecular formula is C12H14N4O2S. The topological polar surface area (TPSA) is 80.9 Å². The van der Waals surface area contributed by atoms with Gasteiger partial charge in [-0.1, -0.05) is 5.16 Å². The first-order chi connectivity index (χ1) is 9.07. The molecule has 0 unspecified atom stereocenters. The number of nitrogens with zero attached hydrogens (tertiary/aromatic N) is 3. The fourth-order valence-electron chi connectivity index (χ4n) is 1.69. The van der Waals surface area contributed by atoms with E-state index in [1.54, 1.807) is 19.9 Å². The van der Waals surface area contributed by atoms with Crippen LogP contribution in [0, 0.1) is 0 Å². The Morgan fingerprint density at radius 1 is 1.53 bits per heavy atom. The third kappa shape index (κ3) is 2.37. The molecule has 0 spiro atoms. The van der Waals surface area contributed by atoms with Gasteiger partial charge in [0.15, 0.2) is 5.76 Å². The van der Waals surface area contributed by atoms with Gasteiger partial charge in [-0.3, -0.25) is 10.1 Å². The molecule has 6 nitrogen and oxygen atoms in total. The maximum atomic E-state index is 12.3. The number of hydrogen-bond acceptors (Lipinski definition) is 6. The van der Waals surface area contributed by atoms with Crippen LogP contribution in [-0.2, 0) is 10.2 Å². The van der Waals surface area contributed by atoms with Gasteiger partial charge in [-0.25, -0.2) is 4.98 Å². The van der Waals surface area contributed by atoms with Crippen molar-refractivity contribution in [2.24, 2.45) is 0 Å². The number of carbonyl (C=O) groups is 1. The Morgan fingerprint density at radius 2 is 2.32 bits per heavy atom. The minimum Gasteiger partial charge on any atom is -0.360 e. The van der Waals surface area contributed by atoms with Gasteiger partial charge in [-0.15, -0.1) is 0 Å². The van der Waals surface area contributed by atoms with Crippen molar-refractivity contribution < 1.29 is 9.32 Å². The van der Waals surface area contributed by atoms with E-state index >= 15 is 0 Å². The zero-order chi connectivity index (χ0) is 13.5. The lowest BCUT2D eigenvalue weighted by atomic mass is 9.89. The summed E-state index contributed by atoms with van der Waals surface area (Å²) in [5, 5.41) is 7.37. The van der Waals surface area contributed by atoms with Crippen LogP contribution >= 0.6 is 11.5 Å². The Morgan fingerprint density at radius 3 is 2.95 bits per heavy atom. The second-order valence-electron chi connectivity index (χ2n) is 5.19. The first-order valence-electron chi connectivity index (χ1n) is 6.13. The highest BCUT2D eigenvalue weighted by Gasteiger charge is 2.34. The average molecular weight is 278 g/mol. The van der Waals surface area contributed by atoms with Gasteiger partial charge >= 0.3 is 0 Å².